The molecular formula is C12H15N3O2S. The van der Waals surface area contributed by atoms with E-state index in [-0.39, 0.29) is 12.3 Å². The van der Waals surface area contributed by atoms with E-state index >= 15 is 0 Å². The fourth-order valence-corrected chi connectivity index (χ4v) is 2.98. The summed E-state index contributed by atoms with van der Waals surface area (Å²) in [6.07, 6.45) is 3.52. The van der Waals surface area contributed by atoms with Gasteiger partial charge in [-0.1, -0.05) is 11.8 Å². The molecule has 1 fully saturated rings. The highest BCUT2D eigenvalue weighted by Crippen LogP contribution is 2.30. The number of nitrogens with zero attached hydrogens (tertiary/aromatic N) is 1. The van der Waals surface area contributed by atoms with E-state index < -0.39 is 10.0 Å². The minimum Gasteiger partial charge on any atom is -0.320 e. The van der Waals surface area contributed by atoms with Gasteiger partial charge in [0.05, 0.1) is 12.3 Å². The van der Waals surface area contributed by atoms with Crippen LogP contribution in [0.3, 0.4) is 0 Å². The van der Waals surface area contributed by atoms with Crippen LogP contribution in [0.5, 0.6) is 0 Å². The second kappa shape index (κ2) is 5.38. The van der Waals surface area contributed by atoms with Gasteiger partial charge in [0.2, 0.25) is 10.0 Å². The highest BCUT2D eigenvalue weighted by atomic mass is 32.2. The monoisotopic (exact) mass is 265 g/mol. The molecule has 0 radical (unpaired) electrons. The third kappa shape index (κ3) is 4.02. The van der Waals surface area contributed by atoms with E-state index in [4.69, 9.17) is 5.73 Å². The highest BCUT2D eigenvalue weighted by Gasteiger charge is 2.28. The van der Waals surface area contributed by atoms with Gasteiger partial charge in [-0.2, -0.15) is 0 Å². The second-order valence-corrected chi connectivity index (χ2v) is 6.03. The fraction of sp³-hybridized carbons (Fsp3) is 0.417. The van der Waals surface area contributed by atoms with Gasteiger partial charge in [0.15, 0.2) is 0 Å². The first-order valence-electron chi connectivity index (χ1n) is 5.74. The normalized spacial score (nSPS) is 14.7. The second-order valence-electron chi connectivity index (χ2n) is 4.26. The van der Waals surface area contributed by atoms with E-state index in [1.807, 2.05) is 0 Å². The molecule has 0 spiro atoms. The zero-order valence-electron chi connectivity index (χ0n) is 9.89. The van der Waals surface area contributed by atoms with Crippen LogP contribution in [0.2, 0.25) is 0 Å². The summed E-state index contributed by atoms with van der Waals surface area (Å²) in [7, 11) is -3.29. The Hall–Kier alpha value is -1.58. The molecule has 0 amide bonds. The zero-order valence-corrected chi connectivity index (χ0v) is 10.7. The van der Waals surface area contributed by atoms with Crippen LogP contribution in [0.4, 0.5) is 5.82 Å². The Morgan fingerprint density at radius 2 is 2.28 bits per heavy atom. The van der Waals surface area contributed by atoms with Crippen LogP contribution in [0.25, 0.3) is 0 Å². The maximum atomic E-state index is 11.8. The van der Waals surface area contributed by atoms with Crippen LogP contribution in [0, 0.1) is 17.8 Å². The number of aromatic nitrogens is 1. The summed E-state index contributed by atoms with van der Waals surface area (Å²) in [6, 6.07) is 3.31. The Labute approximate surface area is 107 Å². The van der Waals surface area contributed by atoms with Crippen LogP contribution in [0.15, 0.2) is 18.3 Å². The van der Waals surface area contributed by atoms with Crippen LogP contribution in [-0.4, -0.2) is 25.7 Å². The molecule has 3 N–H and O–H groups in total. The van der Waals surface area contributed by atoms with Crippen molar-refractivity contribution >= 4 is 15.8 Å². The van der Waals surface area contributed by atoms with Crippen molar-refractivity contribution in [2.45, 2.75) is 12.8 Å². The molecule has 6 heteroatoms. The molecule has 0 saturated heterocycles. The molecule has 96 valence electrons. The van der Waals surface area contributed by atoms with Crippen molar-refractivity contribution < 1.29 is 8.42 Å². The average Bonchev–Trinajstić information content (AvgIpc) is 3.09. The molecular weight excluding hydrogens is 250 g/mol. The molecule has 1 saturated carbocycles. The Kier molecular flexibility index (Phi) is 3.84. The van der Waals surface area contributed by atoms with Gasteiger partial charge in [-0.05, 0) is 30.9 Å². The van der Waals surface area contributed by atoms with Gasteiger partial charge < -0.3 is 5.73 Å². The molecule has 1 aromatic heterocycles. The standard InChI is InChI=1S/C12H15N3O2S/c13-6-1-2-10-5-7-14-12(8-10)15-18(16,17)9-11-3-4-11/h5,7-8,11H,3-4,6,9,13H2,(H,14,15). The Morgan fingerprint density at radius 3 is 2.94 bits per heavy atom. The fourth-order valence-electron chi connectivity index (χ4n) is 1.51. The molecule has 2 rings (SSSR count). The molecule has 1 heterocycles. The predicted octanol–water partition coefficient (Wildman–Crippen LogP) is 0.543. The predicted molar refractivity (Wildman–Crippen MR) is 70.3 cm³/mol. The molecule has 1 aliphatic rings. The van der Waals surface area contributed by atoms with Crippen molar-refractivity contribution in [3.05, 3.63) is 23.9 Å². The molecule has 1 aliphatic carbocycles. The molecule has 5 nitrogen and oxygen atoms in total. The number of nitrogens with two attached hydrogens (primary N) is 1. The number of hydrogen-bond donors (Lipinski definition) is 2. The lowest BCUT2D eigenvalue weighted by atomic mass is 10.2. The lowest BCUT2D eigenvalue weighted by Gasteiger charge is -2.06. The largest absolute Gasteiger partial charge is 0.320 e. The molecule has 0 aliphatic heterocycles. The van der Waals surface area contributed by atoms with Gasteiger partial charge >= 0.3 is 0 Å². The van der Waals surface area contributed by atoms with Crippen molar-refractivity contribution in [3.8, 4) is 11.8 Å². The summed E-state index contributed by atoms with van der Waals surface area (Å²) in [5.74, 6) is 6.33. The van der Waals surface area contributed by atoms with E-state index in [1.165, 1.54) is 6.20 Å². The first kappa shape index (κ1) is 12.9. The van der Waals surface area contributed by atoms with Gasteiger partial charge in [-0.3, -0.25) is 4.72 Å². The van der Waals surface area contributed by atoms with E-state index in [9.17, 15) is 8.42 Å². The first-order valence-corrected chi connectivity index (χ1v) is 7.40. The van der Waals surface area contributed by atoms with Gasteiger partial charge in [-0.15, -0.1) is 0 Å². The Balaban J connectivity index is 2.08. The van der Waals surface area contributed by atoms with Crippen LogP contribution < -0.4 is 10.5 Å². The summed E-state index contributed by atoms with van der Waals surface area (Å²) in [5.41, 5.74) is 5.97. The van der Waals surface area contributed by atoms with Crippen molar-refractivity contribution in [2.75, 3.05) is 17.0 Å². The van der Waals surface area contributed by atoms with Crippen molar-refractivity contribution in [1.82, 2.24) is 4.98 Å². The summed E-state index contributed by atoms with van der Waals surface area (Å²) < 4.78 is 26.0. The quantitative estimate of drug-likeness (QED) is 0.778. The highest BCUT2D eigenvalue weighted by molar-refractivity contribution is 7.92. The van der Waals surface area contributed by atoms with Crippen molar-refractivity contribution in [3.63, 3.8) is 0 Å². The maximum Gasteiger partial charge on any atom is 0.234 e. The summed E-state index contributed by atoms with van der Waals surface area (Å²) in [4.78, 5) is 3.97. The summed E-state index contributed by atoms with van der Waals surface area (Å²) in [5, 5.41) is 0. The smallest absolute Gasteiger partial charge is 0.234 e. The molecule has 0 atom stereocenters. The van der Waals surface area contributed by atoms with Crippen LogP contribution in [0.1, 0.15) is 18.4 Å². The minimum absolute atomic E-state index is 0.174. The zero-order chi connectivity index (χ0) is 13.0. The van der Waals surface area contributed by atoms with E-state index in [0.29, 0.717) is 17.3 Å². The number of rotatable bonds is 4. The third-order valence-corrected chi connectivity index (χ3v) is 3.94. The molecule has 1 aromatic rings. The summed E-state index contributed by atoms with van der Waals surface area (Å²) >= 11 is 0. The Bertz CT molecular complexity index is 583. The van der Waals surface area contributed by atoms with Gasteiger partial charge in [-0.25, -0.2) is 13.4 Å². The average molecular weight is 265 g/mol. The molecule has 0 unspecified atom stereocenters. The third-order valence-electron chi connectivity index (χ3n) is 2.51. The SMILES string of the molecule is NCC#Cc1ccnc(NS(=O)(=O)CC2CC2)c1. The van der Waals surface area contributed by atoms with Crippen molar-refractivity contribution in [2.24, 2.45) is 11.7 Å². The molecule has 0 bridgehead atoms. The topological polar surface area (TPSA) is 85.1 Å². The van der Waals surface area contributed by atoms with Crippen molar-refractivity contribution in [1.29, 1.82) is 0 Å². The number of sulfonamides is 1. The lowest BCUT2D eigenvalue weighted by molar-refractivity contribution is 0.597. The van der Waals surface area contributed by atoms with E-state index in [0.717, 1.165) is 12.8 Å². The summed E-state index contributed by atoms with van der Waals surface area (Å²) in [6.45, 7) is 0.269. The lowest BCUT2D eigenvalue weighted by Crippen LogP contribution is -2.18. The minimum atomic E-state index is -3.29. The van der Waals surface area contributed by atoms with E-state index in [2.05, 4.69) is 21.5 Å². The van der Waals surface area contributed by atoms with Crippen LogP contribution in [-0.2, 0) is 10.0 Å². The number of anilines is 1. The van der Waals surface area contributed by atoms with Gasteiger partial charge in [0.25, 0.3) is 0 Å². The maximum absolute atomic E-state index is 11.8. The van der Waals surface area contributed by atoms with Gasteiger partial charge in [0, 0.05) is 11.8 Å². The number of nitrogens with one attached hydrogen (secondary N) is 1. The number of pyridine rings is 1. The van der Waals surface area contributed by atoms with E-state index in [1.54, 1.807) is 12.1 Å². The molecule has 18 heavy (non-hydrogen) atoms. The molecule has 0 aromatic carbocycles. The van der Waals surface area contributed by atoms with Gasteiger partial charge in [0.1, 0.15) is 5.82 Å². The number of hydrogen-bond acceptors (Lipinski definition) is 4. The first-order chi connectivity index (χ1) is 8.59. The van der Waals surface area contributed by atoms with Crippen LogP contribution >= 0.6 is 0 Å². The Morgan fingerprint density at radius 1 is 1.50 bits per heavy atom.